The van der Waals surface area contributed by atoms with Gasteiger partial charge in [-0.15, -0.1) is 0 Å². The van der Waals surface area contributed by atoms with Crippen LogP contribution in [0.15, 0.2) is 0 Å². The van der Waals surface area contributed by atoms with E-state index in [2.05, 4.69) is 22.0 Å². The molecule has 1 amide bonds. The number of nitrogens with two attached hydrogens (primary N) is 1. The van der Waals surface area contributed by atoms with Gasteiger partial charge in [-0.2, -0.15) is 0 Å². The summed E-state index contributed by atoms with van der Waals surface area (Å²) in [7, 11) is 0. The molecule has 2 heterocycles. The molecular formula is C15H30N4O. The van der Waals surface area contributed by atoms with Crippen LogP contribution in [0.4, 0.5) is 0 Å². The molecule has 2 saturated heterocycles. The normalized spacial score (nSPS) is 26.0. The van der Waals surface area contributed by atoms with E-state index in [1.54, 1.807) is 0 Å². The van der Waals surface area contributed by atoms with E-state index in [0.29, 0.717) is 19.0 Å². The van der Waals surface area contributed by atoms with Crippen molar-refractivity contribution in [2.75, 3.05) is 39.3 Å². The van der Waals surface area contributed by atoms with Crippen LogP contribution < -0.4 is 11.1 Å². The first-order chi connectivity index (χ1) is 9.74. The fourth-order valence-electron chi connectivity index (χ4n) is 3.48. The molecule has 0 spiro atoms. The molecule has 20 heavy (non-hydrogen) atoms. The van der Waals surface area contributed by atoms with Crippen molar-refractivity contribution >= 4 is 5.91 Å². The average Bonchev–Trinajstić information content (AvgIpc) is 2.80. The first-order valence-corrected chi connectivity index (χ1v) is 8.19. The molecule has 0 saturated carbocycles. The molecule has 2 atom stereocenters. The molecule has 0 aromatic rings. The van der Waals surface area contributed by atoms with Crippen LogP contribution in [0.5, 0.6) is 0 Å². The Labute approximate surface area is 122 Å². The van der Waals surface area contributed by atoms with Crippen molar-refractivity contribution in [3.05, 3.63) is 0 Å². The van der Waals surface area contributed by atoms with Crippen LogP contribution >= 0.6 is 0 Å². The predicted molar refractivity (Wildman–Crippen MR) is 81.5 cm³/mol. The number of rotatable bonds is 6. The minimum absolute atomic E-state index is 0.148. The summed E-state index contributed by atoms with van der Waals surface area (Å²) in [5, 5.41) is 2.97. The summed E-state index contributed by atoms with van der Waals surface area (Å²) < 4.78 is 0. The Morgan fingerprint density at radius 2 is 2.15 bits per heavy atom. The minimum atomic E-state index is 0.148. The van der Waals surface area contributed by atoms with Gasteiger partial charge < -0.3 is 11.1 Å². The largest absolute Gasteiger partial charge is 0.356 e. The van der Waals surface area contributed by atoms with Gasteiger partial charge in [-0.3, -0.25) is 14.6 Å². The zero-order chi connectivity index (χ0) is 14.4. The van der Waals surface area contributed by atoms with E-state index in [1.807, 2.05) is 0 Å². The summed E-state index contributed by atoms with van der Waals surface area (Å²) in [6.45, 7) is 8.05. The fraction of sp³-hybridized carbons (Fsp3) is 0.933. The van der Waals surface area contributed by atoms with Crippen LogP contribution in [0.25, 0.3) is 0 Å². The van der Waals surface area contributed by atoms with Crippen molar-refractivity contribution in [1.82, 2.24) is 15.1 Å². The van der Waals surface area contributed by atoms with Gasteiger partial charge in [-0.1, -0.05) is 6.92 Å². The van der Waals surface area contributed by atoms with E-state index in [0.717, 1.165) is 26.1 Å². The van der Waals surface area contributed by atoms with Crippen molar-refractivity contribution in [3.63, 3.8) is 0 Å². The lowest BCUT2D eigenvalue weighted by molar-refractivity contribution is -0.122. The van der Waals surface area contributed by atoms with Gasteiger partial charge in [-0.25, -0.2) is 0 Å². The average molecular weight is 282 g/mol. The molecular weight excluding hydrogens is 252 g/mol. The first-order valence-electron chi connectivity index (χ1n) is 8.19. The lowest BCUT2D eigenvalue weighted by Crippen LogP contribution is -2.47. The number of carbonyl (C=O) groups excluding carboxylic acids is 1. The number of fused-ring (bicyclic) bond motifs is 1. The molecule has 2 unspecified atom stereocenters. The lowest BCUT2D eigenvalue weighted by Gasteiger charge is -2.31. The maximum atomic E-state index is 11.9. The smallest absolute Gasteiger partial charge is 0.221 e. The molecule has 0 aromatic heterocycles. The Kier molecular flexibility index (Phi) is 6.26. The Morgan fingerprint density at radius 3 is 2.90 bits per heavy atom. The topological polar surface area (TPSA) is 61.6 Å². The van der Waals surface area contributed by atoms with E-state index < -0.39 is 0 Å². The van der Waals surface area contributed by atoms with E-state index in [-0.39, 0.29) is 11.9 Å². The molecule has 2 rings (SSSR count). The molecule has 5 heteroatoms. The van der Waals surface area contributed by atoms with Crippen molar-refractivity contribution in [2.45, 2.75) is 51.1 Å². The molecule has 2 fully saturated rings. The Morgan fingerprint density at radius 1 is 1.35 bits per heavy atom. The van der Waals surface area contributed by atoms with Crippen LogP contribution in [-0.2, 0) is 4.79 Å². The number of carbonyl (C=O) groups is 1. The number of hydrogen-bond acceptors (Lipinski definition) is 4. The number of nitrogens with zero attached hydrogens (tertiary/aromatic N) is 2. The Bertz CT molecular complexity index is 310. The van der Waals surface area contributed by atoms with E-state index >= 15 is 0 Å². The fourth-order valence-corrected chi connectivity index (χ4v) is 3.48. The molecule has 2 aliphatic rings. The van der Waals surface area contributed by atoms with Crippen LogP contribution in [0, 0.1) is 0 Å². The molecule has 0 bridgehead atoms. The number of amides is 1. The molecule has 0 radical (unpaired) electrons. The second-order valence-electron chi connectivity index (χ2n) is 6.12. The molecule has 2 aliphatic heterocycles. The highest BCUT2D eigenvalue weighted by Gasteiger charge is 2.31. The highest BCUT2D eigenvalue weighted by molar-refractivity contribution is 5.76. The standard InChI is InChI=1S/C15H30N4O/c1-2-6-17-15(20)10-14(11-16)19-9-4-8-18-7-3-5-13(18)12-19/h13-14H,2-12,16H2,1H3,(H,17,20). The molecule has 0 aliphatic carbocycles. The second-order valence-corrected chi connectivity index (χ2v) is 6.12. The molecule has 5 nitrogen and oxygen atoms in total. The van der Waals surface area contributed by atoms with E-state index in [4.69, 9.17) is 5.73 Å². The van der Waals surface area contributed by atoms with Gasteiger partial charge in [0, 0.05) is 38.1 Å². The van der Waals surface area contributed by atoms with Crippen LogP contribution in [-0.4, -0.2) is 67.1 Å². The van der Waals surface area contributed by atoms with Crippen LogP contribution in [0.1, 0.15) is 39.0 Å². The quantitative estimate of drug-likeness (QED) is 0.740. The maximum absolute atomic E-state index is 11.9. The third-order valence-electron chi connectivity index (χ3n) is 4.62. The van der Waals surface area contributed by atoms with Crippen molar-refractivity contribution in [3.8, 4) is 0 Å². The molecule has 0 aromatic carbocycles. The number of nitrogens with one attached hydrogen (secondary N) is 1. The summed E-state index contributed by atoms with van der Waals surface area (Å²) in [5.41, 5.74) is 5.93. The monoisotopic (exact) mass is 282 g/mol. The Balaban J connectivity index is 1.87. The third kappa shape index (κ3) is 4.17. The van der Waals surface area contributed by atoms with E-state index in [1.165, 1.54) is 32.4 Å². The summed E-state index contributed by atoms with van der Waals surface area (Å²) >= 11 is 0. The first kappa shape index (κ1) is 15.7. The minimum Gasteiger partial charge on any atom is -0.356 e. The SMILES string of the molecule is CCCNC(=O)CC(CN)N1CCCN2CCCC2C1. The molecule has 116 valence electrons. The zero-order valence-corrected chi connectivity index (χ0v) is 12.8. The highest BCUT2D eigenvalue weighted by atomic mass is 16.1. The summed E-state index contributed by atoms with van der Waals surface area (Å²) in [4.78, 5) is 17.0. The van der Waals surface area contributed by atoms with Crippen LogP contribution in [0.2, 0.25) is 0 Å². The maximum Gasteiger partial charge on any atom is 0.221 e. The van der Waals surface area contributed by atoms with Crippen molar-refractivity contribution in [2.24, 2.45) is 5.73 Å². The second kappa shape index (κ2) is 7.96. The van der Waals surface area contributed by atoms with Gasteiger partial charge in [0.15, 0.2) is 0 Å². The lowest BCUT2D eigenvalue weighted by atomic mass is 10.1. The van der Waals surface area contributed by atoms with Gasteiger partial charge in [0.25, 0.3) is 0 Å². The third-order valence-corrected chi connectivity index (χ3v) is 4.62. The highest BCUT2D eigenvalue weighted by Crippen LogP contribution is 2.22. The van der Waals surface area contributed by atoms with Gasteiger partial charge >= 0.3 is 0 Å². The summed E-state index contributed by atoms with van der Waals surface area (Å²) in [5.74, 6) is 0.148. The summed E-state index contributed by atoms with van der Waals surface area (Å²) in [6.07, 6.45) is 5.35. The number of hydrogen-bond donors (Lipinski definition) is 2. The Hall–Kier alpha value is -0.650. The van der Waals surface area contributed by atoms with Crippen LogP contribution in [0.3, 0.4) is 0 Å². The molecule has 3 N–H and O–H groups in total. The van der Waals surface area contributed by atoms with Gasteiger partial charge in [0.05, 0.1) is 0 Å². The van der Waals surface area contributed by atoms with Gasteiger partial charge in [0.1, 0.15) is 0 Å². The van der Waals surface area contributed by atoms with E-state index in [9.17, 15) is 4.79 Å². The van der Waals surface area contributed by atoms with Crippen molar-refractivity contribution < 1.29 is 4.79 Å². The predicted octanol–water partition coefficient (Wildman–Crippen LogP) is 0.400. The summed E-state index contributed by atoms with van der Waals surface area (Å²) in [6, 6.07) is 0.887. The van der Waals surface area contributed by atoms with Gasteiger partial charge in [-0.05, 0) is 45.3 Å². The van der Waals surface area contributed by atoms with Gasteiger partial charge in [0.2, 0.25) is 5.91 Å². The van der Waals surface area contributed by atoms with Crippen molar-refractivity contribution in [1.29, 1.82) is 0 Å². The zero-order valence-electron chi connectivity index (χ0n) is 12.8.